The van der Waals surface area contributed by atoms with Gasteiger partial charge in [0, 0.05) is 17.2 Å². The minimum Gasteiger partial charge on any atom is -0.325 e. The molecule has 0 unspecified atom stereocenters. The van der Waals surface area contributed by atoms with Crippen LogP contribution in [0.4, 0.5) is 10.1 Å². The fraction of sp³-hybridized carbons (Fsp3) is 0.148. The van der Waals surface area contributed by atoms with Crippen LogP contribution < -0.4 is 5.32 Å². The molecule has 5 rings (SSSR count). The molecule has 1 aliphatic carbocycles. The molecule has 1 heterocycles. The van der Waals surface area contributed by atoms with Crippen LogP contribution in [0.25, 0.3) is 5.69 Å². The van der Waals surface area contributed by atoms with E-state index in [1.165, 1.54) is 18.2 Å². The Morgan fingerprint density at radius 3 is 2.43 bits per heavy atom. The second kappa shape index (κ2) is 9.29. The third-order valence-corrected chi connectivity index (χ3v) is 6.98. The summed E-state index contributed by atoms with van der Waals surface area (Å²) in [6.45, 7) is 1.86. The predicted octanol–water partition coefficient (Wildman–Crippen LogP) is 6.14. The van der Waals surface area contributed by atoms with E-state index in [0.717, 1.165) is 16.9 Å². The van der Waals surface area contributed by atoms with Crippen molar-refractivity contribution in [1.82, 2.24) is 9.78 Å². The maximum absolute atomic E-state index is 13.8. The quantitative estimate of drug-likeness (QED) is 0.337. The number of Topliss-reactive ketones (excluding diaryl/α,β-unsaturated/α-hetero) is 1. The van der Waals surface area contributed by atoms with Crippen molar-refractivity contribution in [2.75, 3.05) is 5.32 Å². The third-order valence-electron chi connectivity index (χ3n) is 6.24. The van der Waals surface area contributed by atoms with Crippen molar-refractivity contribution in [3.63, 3.8) is 0 Å². The average molecular weight is 508 g/mol. The van der Waals surface area contributed by atoms with Crippen LogP contribution in [0.5, 0.6) is 0 Å². The Balaban J connectivity index is 1.62. The fourth-order valence-corrected chi connectivity index (χ4v) is 4.99. The van der Waals surface area contributed by atoms with Crippen molar-refractivity contribution in [3.05, 3.63) is 111 Å². The number of aromatic nitrogens is 2. The zero-order valence-corrected chi connectivity index (χ0v) is 20.1. The molecule has 35 heavy (non-hydrogen) atoms. The monoisotopic (exact) mass is 507 g/mol. The smallest absolute Gasteiger partial charge is 0.235 e. The fourth-order valence-electron chi connectivity index (χ4n) is 4.69. The SMILES string of the molecule is Cc1nn(-c2ccccc2)c2c1[C@H](c1ccc(F)cc1)[C@H](C(=O)Nc1ccc(Cl)c(Cl)c1)C(=O)C2. The van der Waals surface area contributed by atoms with Crippen LogP contribution >= 0.6 is 23.2 Å². The van der Waals surface area contributed by atoms with Gasteiger partial charge < -0.3 is 5.32 Å². The number of ketones is 1. The van der Waals surface area contributed by atoms with Crippen LogP contribution in [0.15, 0.2) is 72.8 Å². The molecule has 0 radical (unpaired) electrons. The van der Waals surface area contributed by atoms with Crippen LogP contribution in [-0.4, -0.2) is 21.5 Å². The number of rotatable bonds is 4. The van der Waals surface area contributed by atoms with Crippen LogP contribution in [-0.2, 0) is 16.0 Å². The highest BCUT2D eigenvalue weighted by Crippen LogP contribution is 2.42. The third kappa shape index (κ3) is 4.35. The van der Waals surface area contributed by atoms with Crippen molar-refractivity contribution in [2.24, 2.45) is 5.92 Å². The van der Waals surface area contributed by atoms with Gasteiger partial charge in [-0.1, -0.05) is 53.5 Å². The second-order valence-electron chi connectivity index (χ2n) is 8.46. The van der Waals surface area contributed by atoms with Gasteiger partial charge in [-0.2, -0.15) is 5.10 Å². The largest absolute Gasteiger partial charge is 0.325 e. The van der Waals surface area contributed by atoms with E-state index < -0.39 is 23.6 Å². The first-order chi connectivity index (χ1) is 16.8. The Kier molecular flexibility index (Phi) is 6.17. The molecule has 8 heteroatoms. The summed E-state index contributed by atoms with van der Waals surface area (Å²) in [6, 6.07) is 20.1. The topological polar surface area (TPSA) is 64.0 Å². The molecule has 1 N–H and O–H groups in total. The Hall–Kier alpha value is -3.48. The number of para-hydroxylation sites is 1. The summed E-state index contributed by atoms with van der Waals surface area (Å²) in [5, 5.41) is 8.17. The van der Waals surface area contributed by atoms with Crippen LogP contribution in [0.2, 0.25) is 10.0 Å². The number of anilines is 1. The number of carbonyl (C=O) groups excluding carboxylic acids is 2. The van der Waals surface area contributed by atoms with Crippen molar-refractivity contribution in [2.45, 2.75) is 19.3 Å². The highest BCUT2D eigenvalue weighted by Gasteiger charge is 2.44. The number of fused-ring (bicyclic) bond motifs is 1. The Bertz CT molecular complexity index is 1440. The van der Waals surface area contributed by atoms with Gasteiger partial charge in [0.2, 0.25) is 5.91 Å². The summed E-state index contributed by atoms with van der Waals surface area (Å²) in [6.07, 6.45) is 0.0439. The van der Waals surface area contributed by atoms with Gasteiger partial charge in [-0.05, 0) is 55.0 Å². The number of nitrogens with one attached hydrogen (secondary N) is 1. The molecule has 4 aromatic rings. The molecule has 1 aromatic heterocycles. The van der Waals surface area contributed by atoms with E-state index in [2.05, 4.69) is 5.32 Å². The first-order valence-electron chi connectivity index (χ1n) is 11.0. The van der Waals surface area contributed by atoms with E-state index >= 15 is 0 Å². The van der Waals surface area contributed by atoms with E-state index in [4.69, 9.17) is 28.3 Å². The molecule has 176 valence electrons. The highest BCUT2D eigenvalue weighted by molar-refractivity contribution is 6.42. The molecule has 0 saturated heterocycles. The van der Waals surface area contributed by atoms with Gasteiger partial charge in [-0.3, -0.25) is 9.59 Å². The molecule has 0 saturated carbocycles. The van der Waals surface area contributed by atoms with E-state index in [1.54, 1.807) is 28.9 Å². The molecular weight excluding hydrogens is 488 g/mol. The summed E-state index contributed by atoms with van der Waals surface area (Å²) in [4.78, 5) is 27.0. The molecule has 0 fully saturated rings. The standard InChI is InChI=1S/C27H20Cl2FN3O2/c1-15-24-22(33(32-15)19-5-3-2-4-6-19)14-23(34)26(25(24)16-7-9-17(30)10-8-16)27(35)31-18-11-12-20(28)21(29)13-18/h2-13,25-26H,14H2,1H3,(H,31,35)/t25-,26+/m0/s1. The molecule has 5 nitrogen and oxygen atoms in total. The van der Waals surface area contributed by atoms with Crippen molar-refractivity contribution in [1.29, 1.82) is 0 Å². The average Bonchev–Trinajstić information content (AvgIpc) is 3.17. The summed E-state index contributed by atoms with van der Waals surface area (Å²) in [5.74, 6) is -2.78. The summed E-state index contributed by atoms with van der Waals surface area (Å²) >= 11 is 12.1. The molecular formula is C27H20Cl2FN3O2. The van der Waals surface area contributed by atoms with E-state index in [9.17, 15) is 14.0 Å². The number of nitrogens with zero attached hydrogens (tertiary/aromatic N) is 2. The lowest BCUT2D eigenvalue weighted by Gasteiger charge is -2.31. The lowest BCUT2D eigenvalue weighted by atomic mass is 9.72. The predicted molar refractivity (Wildman–Crippen MR) is 134 cm³/mol. The van der Waals surface area contributed by atoms with Crippen LogP contribution in [0.3, 0.4) is 0 Å². The van der Waals surface area contributed by atoms with E-state index in [-0.39, 0.29) is 17.2 Å². The van der Waals surface area contributed by atoms with Gasteiger partial charge in [0.25, 0.3) is 0 Å². The first kappa shape index (κ1) is 23.3. The normalized spacial score (nSPS) is 17.2. The number of amides is 1. The zero-order chi connectivity index (χ0) is 24.7. The minimum absolute atomic E-state index is 0.0439. The van der Waals surface area contributed by atoms with Crippen LogP contribution in [0, 0.1) is 18.7 Å². The van der Waals surface area contributed by atoms with Crippen molar-refractivity contribution in [3.8, 4) is 5.69 Å². The van der Waals surface area contributed by atoms with Gasteiger partial charge in [0.05, 0.1) is 33.5 Å². The summed E-state index contributed by atoms with van der Waals surface area (Å²) in [7, 11) is 0. The Morgan fingerprint density at radius 2 is 1.74 bits per heavy atom. The lowest BCUT2D eigenvalue weighted by Crippen LogP contribution is -2.40. The van der Waals surface area contributed by atoms with E-state index in [0.29, 0.717) is 22.0 Å². The maximum Gasteiger partial charge on any atom is 0.235 e. The van der Waals surface area contributed by atoms with Crippen molar-refractivity contribution >= 4 is 40.6 Å². The summed E-state index contributed by atoms with van der Waals surface area (Å²) in [5.41, 5.74) is 4.14. The number of aryl methyl sites for hydroxylation is 1. The Morgan fingerprint density at radius 1 is 1.03 bits per heavy atom. The number of benzene rings is 3. The van der Waals surface area contributed by atoms with Gasteiger partial charge in [0.1, 0.15) is 11.7 Å². The highest BCUT2D eigenvalue weighted by atomic mass is 35.5. The number of carbonyl (C=O) groups is 2. The molecule has 0 aliphatic heterocycles. The van der Waals surface area contributed by atoms with Gasteiger partial charge in [-0.15, -0.1) is 0 Å². The number of hydrogen-bond acceptors (Lipinski definition) is 3. The first-order valence-corrected chi connectivity index (χ1v) is 11.8. The Labute approximate surface area is 211 Å². The minimum atomic E-state index is -1.03. The number of hydrogen-bond donors (Lipinski definition) is 1. The number of halogens is 3. The second-order valence-corrected chi connectivity index (χ2v) is 9.28. The maximum atomic E-state index is 13.8. The lowest BCUT2D eigenvalue weighted by molar-refractivity contribution is -0.131. The molecule has 0 bridgehead atoms. The molecule has 2 atom stereocenters. The van der Waals surface area contributed by atoms with Gasteiger partial charge >= 0.3 is 0 Å². The zero-order valence-electron chi connectivity index (χ0n) is 18.6. The van der Waals surface area contributed by atoms with Gasteiger partial charge in [0.15, 0.2) is 5.78 Å². The molecule has 1 aliphatic rings. The summed E-state index contributed by atoms with van der Waals surface area (Å²) < 4.78 is 15.5. The molecule has 3 aromatic carbocycles. The van der Waals surface area contributed by atoms with Gasteiger partial charge in [-0.25, -0.2) is 9.07 Å². The van der Waals surface area contributed by atoms with Crippen LogP contribution in [0.1, 0.15) is 28.4 Å². The van der Waals surface area contributed by atoms with Crippen molar-refractivity contribution < 1.29 is 14.0 Å². The molecule has 0 spiro atoms. The van der Waals surface area contributed by atoms with E-state index in [1.807, 2.05) is 37.3 Å². The molecule has 1 amide bonds.